The Bertz CT molecular complexity index is 1160. The summed E-state index contributed by atoms with van der Waals surface area (Å²) < 4.78 is 21.7. The lowest BCUT2D eigenvalue weighted by Gasteiger charge is -2.60. The van der Waals surface area contributed by atoms with Crippen molar-refractivity contribution in [3.63, 3.8) is 0 Å². The highest BCUT2D eigenvalue weighted by atomic mass is 19.1. The minimum absolute atomic E-state index is 0.118. The van der Waals surface area contributed by atoms with Gasteiger partial charge in [0.15, 0.2) is 11.4 Å². The van der Waals surface area contributed by atoms with E-state index in [0.29, 0.717) is 12.0 Å². The molecule has 9 atom stereocenters. The molecule has 3 fully saturated rings. The fraction of sp³-hybridized carbons (Fsp3) is 0.552. The molecule has 6 nitrogen and oxygen atoms in total. The lowest BCUT2D eigenvalue weighted by molar-refractivity contribution is -0.186. The van der Waals surface area contributed by atoms with Crippen LogP contribution in [-0.2, 0) is 14.3 Å². The average molecular weight is 497 g/mol. The van der Waals surface area contributed by atoms with Crippen LogP contribution < -0.4 is 0 Å². The highest BCUT2D eigenvalue weighted by Crippen LogP contribution is 2.69. The van der Waals surface area contributed by atoms with E-state index < -0.39 is 53.0 Å². The Morgan fingerprint density at radius 2 is 1.86 bits per heavy atom. The first-order valence-corrected chi connectivity index (χ1v) is 12.7. The van der Waals surface area contributed by atoms with E-state index >= 15 is 4.39 Å². The molecule has 0 saturated heterocycles. The number of esters is 1. The van der Waals surface area contributed by atoms with Gasteiger partial charge in [-0.1, -0.05) is 45.0 Å². The lowest BCUT2D eigenvalue weighted by Crippen LogP contribution is -2.64. The second kappa shape index (κ2) is 8.45. The number of fused-ring (bicyclic) bond motifs is 5. The molecule has 0 radical (unpaired) electrons. The predicted octanol–water partition coefficient (Wildman–Crippen LogP) is 3.62. The Morgan fingerprint density at radius 3 is 2.53 bits per heavy atom. The van der Waals surface area contributed by atoms with Gasteiger partial charge in [-0.25, -0.2) is 9.18 Å². The standard InChI is InChI=1S/C29H33FO6/c1-16-11-20-19-13-22(30)21-12-18(32)9-10-27(21,2)25(19)23(33)14-28(20,3)29(16,24(34)15-31)36-26(35)17-7-5-4-6-8-17/h4-10,12,16,19-20,22-23,25,31,33H,11,13-15H2,1-3H3/t16?,19-,20-,22?,23-,25+,27-,28-,29+/m0/s1. The highest BCUT2D eigenvalue weighted by molar-refractivity contribution is 6.01. The van der Waals surface area contributed by atoms with E-state index in [9.17, 15) is 24.6 Å². The number of aliphatic hydroxyl groups excluding tert-OH is 2. The van der Waals surface area contributed by atoms with Crippen molar-refractivity contribution in [2.75, 3.05) is 6.61 Å². The third-order valence-corrected chi connectivity index (χ3v) is 9.84. The van der Waals surface area contributed by atoms with Crippen LogP contribution >= 0.6 is 0 Å². The SMILES string of the molecule is CC1C[C@H]2[C@@H]3CC(F)C4=CC(=O)C=C[C@]4(C)[C@H]3[C@@H](O)C[C@]2(C)[C@]1(OC(=O)c1ccccc1)C(=O)CO. The molecule has 5 rings (SSSR count). The van der Waals surface area contributed by atoms with Crippen molar-refractivity contribution in [2.45, 2.75) is 57.9 Å². The number of alkyl halides is 1. The number of hydrogen-bond acceptors (Lipinski definition) is 6. The Labute approximate surface area is 210 Å². The van der Waals surface area contributed by atoms with Crippen molar-refractivity contribution < 1.29 is 33.7 Å². The van der Waals surface area contributed by atoms with Crippen LogP contribution in [0.1, 0.15) is 50.4 Å². The van der Waals surface area contributed by atoms with Gasteiger partial charge in [-0.3, -0.25) is 9.59 Å². The third kappa shape index (κ3) is 3.25. The molecule has 0 amide bonds. The van der Waals surface area contributed by atoms with Crippen molar-refractivity contribution >= 4 is 17.5 Å². The van der Waals surface area contributed by atoms with Crippen LogP contribution in [0.2, 0.25) is 0 Å². The molecule has 2 N–H and O–H groups in total. The Morgan fingerprint density at radius 1 is 1.17 bits per heavy atom. The summed E-state index contributed by atoms with van der Waals surface area (Å²) in [7, 11) is 0. The number of aliphatic hydroxyl groups is 2. The molecular weight excluding hydrogens is 463 g/mol. The van der Waals surface area contributed by atoms with E-state index in [-0.39, 0.29) is 41.9 Å². The summed E-state index contributed by atoms with van der Waals surface area (Å²) >= 11 is 0. The summed E-state index contributed by atoms with van der Waals surface area (Å²) in [5.74, 6) is -2.86. The highest BCUT2D eigenvalue weighted by Gasteiger charge is 2.73. The smallest absolute Gasteiger partial charge is 0.339 e. The molecule has 36 heavy (non-hydrogen) atoms. The van der Waals surface area contributed by atoms with Crippen molar-refractivity contribution in [3.05, 3.63) is 59.7 Å². The Balaban J connectivity index is 1.59. The number of ether oxygens (including phenoxy) is 1. The molecule has 0 spiro atoms. The van der Waals surface area contributed by atoms with E-state index in [1.807, 2.05) is 20.8 Å². The van der Waals surface area contributed by atoms with Gasteiger partial charge < -0.3 is 14.9 Å². The molecule has 2 unspecified atom stereocenters. The number of allylic oxidation sites excluding steroid dienone is 4. The first-order chi connectivity index (χ1) is 17.0. The van der Waals surface area contributed by atoms with E-state index in [0.717, 1.165) is 0 Å². The zero-order chi connectivity index (χ0) is 26.0. The minimum atomic E-state index is -1.66. The van der Waals surface area contributed by atoms with E-state index in [2.05, 4.69) is 0 Å². The van der Waals surface area contributed by atoms with Gasteiger partial charge in [0.25, 0.3) is 0 Å². The molecule has 192 valence electrons. The lowest BCUT2D eigenvalue weighted by atomic mass is 9.46. The Hall–Kier alpha value is -2.64. The number of carbonyl (C=O) groups excluding carboxylic acids is 3. The fourth-order valence-corrected chi connectivity index (χ4v) is 8.42. The molecule has 4 aliphatic rings. The quantitative estimate of drug-likeness (QED) is 0.618. The van der Waals surface area contributed by atoms with Crippen LogP contribution in [0.5, 0.6) is 0 Å². The number of ketones is 2. The molecule has 1 aromatic carbocycles. The number of hydrogen-bond donors (Lipinski definition) is 2. The summed E-state index contributed by atoms with van der Waals surface area (Å²) in [6.45, 7) is 4.74. The van der Waals surface area contributed by atoms with Crippen molar-refractivity contribution in [1.29, 1.82) is 0 Å². The molecule has 7 heteroatoms. The van der Waals surface area contributed by atoms with Crippen molar-refractivity contribution in [1.82, 2.24) is 0 Å². The zero-order valence-corrected chi connectivity index (χ0v) is 20.8. The minimum Gasteiger partial charge on any atom is -0.446 e. The van der Waals surface area contributed by atoms with Crippen LogP contribution in [0.25, 0.3) is 0 Å². The topological polar surface area (TPSA) is 101 Å². The molecule has 4 aliphatic carbocycles. The van der Waals surface area contributed by atoms with Gasteiger partial charge in [0.05, 0.1) is 11.7 Å². The first kappa shape index (κ1) is 25.0. The van der Waals surface area contributed by atoms with Crippen LogP contribution in [0.4, 0.5) is 4.39 Å². The largest absolute Gasteiger partial charge is 0.446 e. The normalized spacial score (nSPS) is 43.2. The second-order valence-corrected chi connectivity index (χ2v) is 11.5. The van der Waals surface area contributed by atoms with E-state index in [4.69, 9.17) is 4.74 Å². The molecule has 1 aromatic rings. The second-order valence-electron chi connectivity index (χ2n) is 11.5. The van der Waals surface area contributed by atoms with Gasteiger partial charge in [0.2, 0.25) is 5.78 Å². The number of carbonyl (C=O) groups is 3. The van der Waals surface area contributed by atoms with Crippen LogP contribution in [0.3, 0.4) is 0 Å². The van der Waals surface area contributed by atoms with Gasteiger partial charge in [-0.15, -0.1) is 0 Å². The molecule has 0 aliphatic heterocycles. The van der Waals surface area contributed by atoms with Crippen molar-refractivity contribution in [3.8, 4) is 0 Å². The number of benzene rings is 1. The van der Waals surface area contributed by atoms with E-state index in [1.165, 1.54) is 12.2 Å². The summed E-state index contributed by atoms with van der Waals surface area (Å²) in [4.78, 5) is 38.8. The van der Waals surface area contributed by atoms with Crippen LogP contribution in [0, 0.1) is 34.5 Å². The Kier molecular flexibility index (Phi) is 5.88. The van der Waals surface area contributed by atoms with Gasteiger partial charge in [-0.2, -0.15) is 0 Å². The molecule has 3 saturated carbocycles. The summed E-state index contributed by atoms with van der Waals surface area (Å²) in [5.41, 5.74) is -2.81. The van der Waals surface area contributed by atoms with Gasteiger partial charge >= 0.3 is 5.97 Å². The number of Topliss-reactive ketones (excluding diaryl/α,β-unsaturated/α-hetero) is 1. The molecular formula is C29H33FO6. The van der Waals surface area contributed by atoms with Crippen LogP contribution in [-0.4, -0.2) is 52.2 Å². The van der Waals surface area contributed by atoms with Gasteiger partial charge in [0, 0.05) is 22.7 Å². The third-order valence-electron chi connectivity index (χ3n) is 9.84. The van der Waals surface area contributed by atoms with Gasteiger partial charge in [-0.05, 0) is 61.0 Å². The fourth-order valence-electron chi connectivity index (χ4n) is 8.42. The molecule has 0 bridgehead atoms. The summed E-state index contributed by atoms with van der Waals surface area (Å²) in [6.07, 6.45) is 3.00. The number of halogens is 1. The summed E-state index contributed by atoms with van der Waals surface area (Å²) in [6, 6.07) is 8.38. The molecule has 0 heterocycles. The molecule has 0 aromatic heterocycles. The van der Waals surface area contributed by atoms with Gasteiger partial charge in [0.1, 0.15) is 12.8 Å². The maximum Gasteiger partial charge on any atom is 0.339 e. The maximum absolute atomic E-state index is 15.6. The predicted molar refractivity (Wildman–Crippen MR) is 130 cm³/mol. The zero-order valence-electron chi connectivity index (χ0n) is 20.8. The van der Waals surface area contributed by atoms with Crippen LogP contribution in [0.15, 0.2) is 54.1 Å². The van der Waals surface area contributed by atoms with Crippen molar-refractivity contribution in [2.24, 2.45) is 34.5 Å². The summed E-state index contributed by atoms with van der Waals surface area (Å²) in [5, 5.41) is 21.6. The monoisotopic (exact) mass is 496 g/mol. The maximum atomic E-state index is 15.6. The number of rotatable bonds is 4. The van der Waals surface area contributed by atoms with E-state index in [1.54, 1.807) is 36.4 Å². The average Bonchev–Trinajstić information content (AvgIpc) is 3.07. The first-order valence-electron chi connectivity index (χ1n) is 12.7.